The third-order valence-corrected chi connectivity index (χ3v) is 11.9. The Morgan fingerprint density at radius 1 is 0.849 bits per heavy atom. The minimum absolute atomic E-state index is 0.0778. The summed E-state index contributed by atoms with van der Waals surface area (Å²) in [7, 11) is 0. The second-order valence-electron chi connectivity index (χ2n) is 14.8. The van der Waals surface area contributed by atoms with E-state index in [9.17, 15) is 15.8 Å². The summed E-state index contributed by atoms with van der Waals surface area (Å²) < 4.78 is 4.72. The van der Waals surface area contributed by atoms with Crippen LogP contribution in [0.2, 0.25) is 0 Å². The molecule has 3 aliphatic rings. The Kier molecular flexibility index (Phi) is 9.08. The predicted octanol–water partition coefficient (Wildman–Crippen LogP) is 11.4. The summed E-state index contributed by atoms with van der Waals surface area (Å²) in [6, 6.07) is 31.4. The highest BCUT2D eigenvalue weighted by Gasteiger charge is 2.33. The highest BCUT2D eigenvalue weighted by molar-refractivity contribution is 5.91. The minimum atomic E-state index is -0.157. The second-order valence-corrected chi connectivity index (χ2v) is 14.8. The number of hydrogen-bond acceptors (Lipinski definition) is 3. The third-order valence-electron chi connectivity index (χ3n) is 11.9. The first-order valence-electron chi connectivity index (χ1n) is 18.9. The smallest absolute Gasteiger partial charge is 0.101 e. The van der Waals surface area contributed by atoms with Crippen molar-refractivity contribution in [1.82, 2.24) is 9.13 Å². The van der Waals surface area contributed by atoms with E-state index in [0.717, 1.165) is 53.7 Å². The Labute approximate surface area is 312 Å². The molecule has 0 saturated heterocycles. The van der Waals surface area contributed by atoms with E-state index in [0.29, 0.717) is 23.5 Å². The zero-order chi connectivity index (χ0) is 36.6. The molecular weight excluding hydrogens is 647 g/mol. The molecule has 0 radical (unpaired) electrons. The van der Waals surface area contributed by atoms with E-state index >= 15 is 0 Å². The molecular formula is C48H43N5. The maximum Gasteiger partial charge on any atom is 0.101 e. The largest absolute Gasteiger partial charge is 0.337 e. The van der Waals surface area contributed by atoms with Gasteiger partial charge in [-0.3, -0.25) is 0 Å². The molecule has 260 valence electrons. The molecule has 0 N–H and O–H groups in total. The number of rotatable bonds is 6. The summed E-state index contributed by atoms with van der Waals surface area (Å²) in [5.74, 6) is 0.408. The first kappa shape index (κ1) is 34.0. The van der Waals surface area contributed by atoms with Crippen LogP contribution >= 0.6 is 0 Å². The van der Waals surface area contributed by atoms with Crippen molar-refractivity contribution in [1.29, 1.82) is 15.8 Å². The molecule has 5 nitrogen and oxygen atoms in total. The molecule has 2 unspecified atom stereocenters. The predicted molar refractivity (Wildman–Crippen MR) is 214 cm³/mol. The molecule has 2 heterocycles. The first-order valence-corrected chi connectivity index (χ1v) is 18.9. The van der Waals surface area contributed by atoms with E-state index < -0.39 is 0 Å². The van der Waals surface area contributed by atoms with Crippen LogP contribution < -0.4 is 0 Å². The number of nitrogens with zero attached hydrogens (tertiary/aromatic N) is 5. The molecule has 0 aliphatic heterocycles. The summed E-state index contributed by atoms with van der Waals surface area (Å²) >= 11 is 0. The minimum Gasteiger partial charge on any atom is -0.337 e. The van der Waals surface area contributed by atoms with Crippen LogP contribution in [0.4, 0.5) is 0 Å². The van der Waals surface area contributed by atoms with E-state index in [-0.39, 0.29) is 17.9 Å². The van der Waals surface area contributed by atoms with Gasteiger partial charge in [0.1, 0.15) is 6.07 Å². The Morgan fingerprint density at radius 3 is 2.40 bits per heavy atom. The van der Waals surface area contributed by atoms with Gasteiger partial charge < -0.3 is 9.13 Å². The number of para-hydroxylation sites is 2. The van der Waals surface area contributed by atoms with Gasteiger partial charge in [-0.25, -0.2) is 0 Å². The molecule has 5 heteroatoms. The topological polar surface area (TPSA) is 81.2 Å². The van der Waals surface area contributed by atoms with Crippen LogP contribution in [-0.4, -0.2) is 9.13 Å². The lowest BCUT2D eigenvalue weighted by molar-refractivity contribution is 0.385. The number of hydrogen-bond donors (Lipinski definition) is 0. The highest BCUT2D eigenvalue weighted by Crippen LogP contribution is 2.48. The number of fused-ring (bicyclic) bond motifs is 4. The van der Waals surface area contributed by atoms with Gasteiger partial charge in [0.2, 0.25) is 0 Å². The summed E-state index contributed by atoms with van der Waals surface area (Å²) in [6.45, 7) is 6.52. The molecule has 1 fully saturated rings. The Balaban J connectivity index is 1.20. The summed E-state index contributed by atoms with van der Waals surface area (Å²) in [6.07, 6.45) is 20.5. The van der Waals surface area contributed by atoms with E-state index in [1.54, 1.807) is 0 Å². The van der Waals surface area contributed by atoms with Gasteiger partial charge in [0.25, 0.3) is 0 Å². The zero-order valence-electron chi connectivity index (χ0n) is 30.7. The van der Waals surface area contributed by atoms with E-state index in [4.69, 9.17) is 0 Å². The number of allylic oxidation sites excluding steroid dienone is 5. The first-order chi connectivity index (χ1) is 26.0. The normalized spacial score (nSPS) is 19.8. The standard InChI is InChI=1S/C48H43N5/c1-4-11-38-32(3)52(47-27-33(28-49)12-9-17-41(38)47)31(2)35-21-23-36(24-22-35)39-14-5-6-15-40(39)43-18-10-13-37(30-51)48(43)53-45-19-8-7-16-42(45)44-26-34(29-50)20-25-46(44)53/h4,7-13,16,18-25,27,31,34,39-40H,5-6,14-15,17,26H2,1-3H3/b11-4-/t31-,34?,39?,40+/m0/s1. The van der Waals surface area contributed by atoms with Gasteiger partial charge in [0.15, 0.2) is 0 Å². The van der Waals surface area contributed by atoms with E-state index in [1.165, 1.54) is 45.5 Å². The molecule has 5 aromatic rings. The van der Waals surface area contributed by atoms with Gasteiger partial charge in [-0.1, -0.05) is 91.7 Å². The number of nitriles is 3. The van der Waals surface area contributed by atoms with Crippen LogP contribution in [0.1, 0.15) is 113 Å². The van der Waals surface area contributed by atoms with Crippen molar-refractivity contribution in [2.45, 2.75) is 77.2 Å². The average Bonchev–Trinajstić information content (AvgIpc) is 3.55. The fourth-order valence-electron chi connectivity index (χ4n) is 9.45. The maximum absolute atomic E-state index is 10.6. The van der Waals surface area contributed by atoms with Gasteiger partial charge in [-0.05, 0) is 122 Å². The van der Waals surface area contributed by atoms with Gasteiger partial charge in [-0.15, -0.1) is 0 Å². The monoisotopic (exact) mass is 689 g/mol. The second kappa shape index (κ2) is 14.1. The van der Waals surface area contributed by atoms with Gasteiger partial charge in [0.05, 0.1) is 46.4 Å². The molecule has 0 amide bonds. The zero-order valence-corrected chi connectivity index (χ0v) is 30.7. The lowest BCUT2D eigenvalue weighted by atomic mass is 9.71. The summed E-state index contributed by atoms with van der Waals surface area (Å²) in [4.78, 5) is 0. The van der Waals surface area contributed by atoms with Crippen LogP contribution in [0.25, 0.3) is 34.8 Å². The molecule has 2 aromatic heterocycles. The fourth-order valence-corrected chi connectivity index (χ4v) is 9.45. The summed E-state index contributed by atoms with van der Waals surface area (Å²) in [5.41, 5.74) is 14.3. The molecule has 0 spiro atoms. The summed E-state index contributed by atoms with van der Waals surface area (Å²) in [5, 5.41) is 31.3. The van der Waals surface area contributed by atoms with Crippen LogP contribution in [0.3, 0.4) is 0 Å². The molecule has 0 bridgehead atoms. The third kappa shape index (κ3) is 5.77. The molecule has 3 aromatic carbocycles. The van der Waals surface area contributed by atoms with Crippen molar-refractivity contribution in [2.24, 2.45) is 5.92 Å². The lowest BCUT2D eigenvalue weighted by Crippen LogP contribution is -2.19. The van der Waals surface area contributed by atoms with Gasteiger partial charge >= 0.3 is 0 Å². The average molecular weight is 690 g/mol. The number of aromatic nitrogens is 2. The van der Waals surface area contributed by atoms with Crippen molar-refractivity contribution in [2.75, 3.05) is 0 Å². The van der Waals surface area contributed by atoms with Crippen molar-refractivity contribution >= 4 is 29.1 Å². The van der Waals surface area contributed by atoms with Gasteiger partial charge in [-0.2, -0.15) is 15.8 Å². The Morgan fingerprint density at radius 2 is 1.64 bits per heavy atom. The Hall–Kier alpha value is -6.09. The van der Waals surface area contributed by atoms with Crippen LogP contribution in [-0.2, 0) is 12.8 Å². The molecule has 1 saturated carbocycles. The molecule has 53 heavy (non-hydrogen) atoms. The fraction of sp³-hybridized carbons (Fsp3) is 0.271. The van der Waals surface area contributed by atoms with Crippen molar-refractivity contribution < 1.29 is 0 Å². The van der Waals surface area contributed by atoms with Crippen LogP contribution in [0.15, 0.2) is 96.6 Å². The molecule has 8 rings (SSSR count). The van der Waals surface area contributed by atoms with Crippen LogP contribution in [0, 0.1) is 46.8 Å². The molecule has 3 aliphatic carbocycles. The maximum atomic E-state index is 10.6. The van der Waals surface area contributed by atoms with E-state index in [1.807, 2.05) is 24.3 Å². The van der Waals surface area contributed by atoms with Crippen molar-refractivity contribution in [3.63, 3.8) is 0 Å². The van der Waals surface area contributed by atoms with Crippen LogP contribution in [0.5, 0.6) is 0 Å². The molecule has 4 atom stereocenters. The quantitative estimate of drug-likeness (QED) is 0.178. The SMILES string of the molecule is C/C=C\c1c2c(n([C@@H](C)c3ccc(C4CCCC[C@H]4c4cccc(C#N)c4-n4c5c(c6ccccc64)CC(C#N)C=C5)cc3)c1C)C=C(C#N)C=CC2. The van der Waals surface area contributed by atoms with Crippen molar-refractivity contribution in [3.05, 3.63) is 153 Å². The highest BCUT2D eigenvalue weighted by atomic mass is 15.0. The Bertz CT molecular complexity index is 2490. The van der Waals surface area contributed by atoms with Gasteiger partial charge in [0, 0.05) is 22.5 Å². The number of benzene rings is 3. The van der Waals surface area contributed by atoms with E-state index in [2.05, 4.69) is 133 Å². The van der Waals surface area contributed by atoms with Crippen molar-refractivity contribution in [3.8, 4) is 23.9 Å². The lowest BCUT2D eigenvalue weighted by Gasteiger charge is -2.34.